The number of hydrogen-bond donors (Lipinski definition) is 1. The molecule has 2 aromatic carbocycles. The number of methoxy groups -OCH3 is 1. The summed E-state index contributed by atoms with van der Waals surface area (Å²) in [6, 6.07) is 13.6. The molecule has 0 saturated heterocycles. The molecule has 1 atom stereocenters. The maximum atomic E-state index is 12.6. The molecule has 5 nitrogen and oxygen atoms in total. The van der Waals surface area contributed by atoms with Gasteiger partial charge in [0.25, 0.3) is 0 Å². The molecule has 5 heteroatoms. The third kappa shape index (κ3) is 3.50. The van der Waals surface area contributed by atoms with E-state index in [1.54, 1.807) is 18.2 Å². The lowest BCUT2D eigenvalue weighted by Crippen LogP contribution is -2.37. The van der Waals surface area contributed by atoms with Gasteiger partial charge in [-0.15, -0.1) is 0 Å². The molecule has 2 aromatic rings. The lowest BCUT2D eigenvalue weighted by Gasteiger charge is -2.24. The van der Waals surface area contributed by atoms with E-state index in [9.17, 15) is 9.59 Å². The molecule has 0 radical (unpaired) electrons. The molecule has 1 amide bonds. The Kier molecular flexibility index (Phi) is 4.74. The van der Waals surface area contributed by atoms with Crippen LogP contribution in [-0.2, 0) is 16.0 Å². The summed E-state index contributed by atoms with van der Waals surface area (Å²) in [7, 11) is 1.34. The largest absolute Gasteiger partial charge is 0.465 e. The zero-order chi connectivity index (χ0) is 18.0. The summed E-state index contributed by atoms with van der Waals surface area (Å²) in [5, 5.41) is 2.92. The van der Waals surface area contributed by atoms with Gasteiger partial charge in [-0.1, -0.05) is 24.3 Å². The molecule has 0 unspecified atom stereocenters. The first-order valence-electron chi connectivity index (χ1n) is 8.33. The number of aryl methyl sites for hydroxylation is 1. The molecule has 25 heavy (non-hydrogen) atoms. The summed E-state index contributed by atoms with van der Waals surface area (Å²) in [4.78, 5) is 26.4. The van der Waals surface area contributed by atoms with Gasteiger partial charge in [-0.3, -0.25) is 4.79 Å². The van der Waals surface area contributed by atoms with E-state index < -0.39 is 5.97 Å². The van der Waals surface area contributed by atoms with Gasteiger partial charge in [0, 0.05) is 17.4 Å². The second kappa shape index (κ2) is 6.97. The Balaban J connectivity index is 1.74. The number of nitrogens with zero attached hydrogens (tertiary/aromatic N) is 1. The summed E-state index contributed by atoms with van der Waals surface area (Å²) in [6.07, 6.45) is 0.945. The van der Waals surface area contributed by atoms with Crippen LogP contribution in [0.2, 0.25) is 0 Å². The van der Waals surface area contributed by atoms with Crippen LogP contribution < -0.4 is 10.2 Å². The molecule has 0 aliphatic carbocycles. The van der Waals surface area contributed by atoms with Crippen LogP contribution in [0.3, 0.4) is 0 Å². The van der Waals surface area contributed by atoms with E-state index >= 15 is 0 Å². The number of hydrogen-bond acceptors (Lipinski definition) is 4. The van der Waals surface area contributed by atoms with Crippen molar-refractivity contribution in [1.29, 1.82) is 0 Å². The van der Waals surface area contributed by atoms with Crippen LogP contribution in [0.25, 0.3) is 0 Å². The van der Waals surface area contributed by atoms with Crippen LogP contribution in [0.5, 0.6) is 0 Å². The van der Waals surface area contributed by atoms with Gasteiger partial charge in [0.15, 0.2) is 0 Å². The van der Waals surface area contributed by atoms with Crippen molar-refractivity contribution in [2.24, 2.45) is 0 Å². The molecule has 1 aliphatic heterocycles. The Labute approximate surface area is 147 Å². The minimum Gasteiger partial charge on any atom is -0.465 e. The van der Waals surface area contributed by atoms with Crippen LogP contribution in [0.4, 0.5) is 11.4 Å². The fraction of sp³-hybridized carbons (Fsp3) is 0.300. The highest BCUT2D eigenvalue weighted by molar-refractivity contribution is 5.97. The van der Waals surface area contributed by atoms with E-state index in [2.05, 4.69) is 29.3 Å². The number of fused-ring (bicyclic) bond motifs is 1. The van der Waals surface area contributed by atoms with E-state index in [0.717, 1.165) is 17.7 Å². The van der Waals surface area contributed by atoms with Gasteiger partial charge in [-0.2, -0.15) is 0 Å². The van der Waals surface area contributed by atoms with Crippen molar-refractivity contribution >= 4 is 23.3 Å². The van der Waals surface area contributed by atoms with Crippen LogP contribution >= 0.6 is 0 Å². The Morgan fingerprint density at radius 2 is 2.00 bits per heavy atom. The van der Waals surface area contributed by atoms with Gasteiger partial charge >= 0.3 is 5.97 Å². The smallest absolute Gasteiger partial charge is 0.337 e. The molecule has 0 saturated carbocycles. The van der Waals surface area contributed by atoms with Crippen molar-refractivity contribution in [2.45, 2.75) is 26.3 Å². The number of carbonyl (C=O) groups excluding carboxylic acids is 2. The maximum Gasteiger partial charge on any atom is 0.337 e. The lowest BCUT2D eigenvalue weighted by molar-refractivity contribution is -0.115. The van der Waals surface area contributed by atoms with Crippen LogP contribution in [0.1, 0.15) is 28.4 Å². The number of amides is 1. The number of benzene rings is 2. The Morgan fingerprint density at radius 1 is 1.24 bits per heavy atom. The van der Waals surface area contributed by atoms with Crippen molar-refractivity contribution < 1.29 is 14.3 Å². The fourth-order valence-electron chi connectivity index (χ4n) is 3.22. The van der Waals surface area contributed by atoms with E-state index in [-0.39, 0.29) is 18.5 Å². The van der Waals surface area contributed by atoms with Gasteiger partial charge in [-0.25, -0.2) is 4.79 Å². The fourth-order valence-corrected chi connectivity index (χ4v) is 3.22. The predicted molar refractivity (Wildman–Crippen MR) is 98.1 cm³/mol. The second-order valence-electron chi connectivity index (χ2n) is 6.38. The summed E-state index contributed by atoms with van der Waals surface area (Å²) in [5.41, 5.74) is 4.34. The van der Waals surface area contributed by atoms with Gasteiger partial charge in [0.1, 0.15) is 0 Å². The molecule has 0 spiro atoms. The third-order valence-electron chi connectivity index (χ3n) is 4.60. The second-order valence-corrected chi connectivity index (χ2v) is 6.38. The third-order valence-corrected chi connectivity index (χ3v) is 4.60. The molecule has 1 aliphatic rings. The van der Waals surface area contributed by atoms with Gasteiger partial charge < -0.3 is 15.0 Å². The topological polar surface area (TPSA) is 58.6 Å². The molecule has 0 fully saturated rings. The molecule has 1 heterocycles. The zero-order valence-corrected chi connectivity index (χ0v) is 14.7. The maximum absolute atomic E-state index is 12.6. The van der Waals surface area contributed by atoms with Gasteiger partial charge in [0.2, 0.25) is 5.91 Å². The monoisotopic (exact) mass is 338 g/mol. The first-order chi connectivity index (χ1) is 12.0. The Morgan fingerprint density at radius 3 is 2.76 bits per heavy atom. The number of esters is 1. The van der Waals surface area contributed by atoms with E-state index in [1.165, 1.54) is 12.7 Å². The Hall–Kier alpha value is -2.82. The lowest BCUT2D eigenvalue weighted by atomic mass is 10.1. The first kappa shape index (κ1) is 17.0. The number of carbonyl (C=O) groups is 2. The quantitative estimate of drug-likeness (QED) is 0.870. The number of nitrogens with one attached hydrogen (secondary N) is 1. The predicted octanol–water partition coefficient (Wildman–Crippen LogP) is 3.17. The highest BCUT2D eigenvalue weighted by Gasteiger charge is 2.27. The summed E-state index contributed by atoms with van der Waals surface area (Å²) in [5.74, 6) is -0.522. The number of rotatable bonds is 4. The van der Waals surface area contributed by atoms with E-state index in [4.69, 9.17) is 4.74 Å². The molecule has 1 N–H and O–H groups in total. The van der Waals surface area contributed by atoms with Crippen LogP contribution in [-0.4, -0.2) is 31.6 Å². The average Bonchev–Trinajstić information content (AvgIpc) is 2.92. The highest BCUT2D eigenvalue weighted by atomic mass is 16.5. The Bertz CT molecular complexity index is 816. The molecule has 130 valence electrons. The van der Waals surface area contributed by atoms with Crippen LogP contribution in [0.15, 0.2) is 42.5 Å². The number of anilines is 2. The SMILES string of the molecule is COC(=O)c1ccc(C)c(NC(=O)CN2c3ccccc3C[C@H]2C)c1. The van der Waals surface area contributed by atoms with Crippen LogP contribution in [0, 0.1) is 6.92 Å². The molecular formula is C20H22N2O3. The normalized spacial score (nSPS) is 15.6. The summed E-state index contributed by atoms with van der Waals surface area (Å²) >= 11 is 0. The van der Waals surface area contributed by atoms with E-state index in [1.807, 2.05) is 19.1 Å². The van der Waals surface area contributed by atoms with Crippen molar-refractivity contribution in [3.05, 3.63) is 59.2 Å². The van der Waals surface area contributed by atoms with Crippen molar-refractivity contribution in [3.63, 3.8) is 0 Å². The number of ether oxygens (including phenoxy) is 1. The minimum absolute atomic E-state index is 0.103. The van der Waals surface area contributed by atoms with Gasteiger partial charge in [0.05, 0.1) is 19.2 Å². The standard InChI is InChI=1S/C20H22N2O3/c1-13-8-9-16(20(24)25-3)11-17(13)21-19(23)12-22-14(2)10-15-6-4-5-7-18(15)22/h4-9,11,14H,10,12H2,1-3H3,(H,21,23)/t14-/m1/s1. The zero-order valence-electron chi connectivity index (χ0n) is 14.7. The molecule has 3 rings (SSSR count). The van der Waals surface area contributed by atoms with E-state index in [0.29, 0.717) is 11.3 Å². The molecule has 0 aromatic heterocycles. The minimum atomic E-state index is -0.419. The highest BCUT2D eigenvalue weighted by Crippen LogP contribution is 2.31. The average molecular weight is 338 g/mol. The van der Waals surface area contributed by atoms with Crippen molar-refractivity contribution in [3.8, 4) is 0 Å². The summed E-state index contributed by atoms with van der Waals surface area (Å²) < 4.78 is 4.74. The summed E-state index contributed by atoms with van der Waals surface area (Å²) in [6.45, 7) is 4.29. The number of para-hydroxylation sites is 1. The first-order valence-corrected chi connectivity index (χ1v) is 8.33. The van der Waals surface area contributed by atoms with Crippen molar-refractivity contribution in [1.82, 2.24) is 0 Å². The molecular weight excluding hydrogens is 316 g/mol. The molecule has 0 bridgehead atoms. The van der Waals surface area contributed by atoms with Gasteiger partial charge in [-0.05, 0) is 49.6 Å². The van der Waals surface area contributed by atoms with Crippen molar-refractivity contribution in [2.75, 3.05) is 23.9 Å².